The molecule has 0 aromatic heterocycles. The van der Waals surface area contributed by atoms with E-state index in [0.29, 0.717) is 0 Å². The van der Waals surface area contributed by atoms with E-state index >= 15 is 0 Å². The van der Waals surface area contributed by atoms with Crippen molar-refractivity contribution in [3.8, 4) is 0 Å². The van der Waals surface area contributed by atoms with Gasteiger partial charge in [-0.05, 0) is 32.3 Å². The summed E-state index contributed by atoms with van der Waals surface area (Å²) in [5.41, 5.74) is 10.5. The van der Waals surface area contributed by atoms with Crippen LogP contribution in [0.1, 0.15) is 48.8 Å². The Morgan fingerprint density at radius 3 is 2.00 bits per heavy atom. The van der Waals surface area contributed by atoms with Crippen LogP contribution in [0.5, 0.6) is 0 Å². The zero-order chi connectivity index (χ0) is 10.9. The third kappa shape index (κ3) is 2.23. The maximum Gasteiger partial charge on any atom is 0.0409 e. The van der Waals surface area contributed by atoms with E-state index < -0.39 is 0 Å². The van der Waals surface area contributed by atoms with Crippen molar-refractivity contribution in [2.45, 2.75) is 51.5 Å². The largest absolute Gasteiger partial charge is 0.321 e. The summed E-state index contributed by atoms with van der Waals surface area (Å²) in [6, 6.07) is 6.74. The van der Waals surface area contributed by atoms with Gasteiger partial charge in [0.2, 0.25) is 0 Å². The van der Waals surface area contributed by atoms with E-state index in [1.165, 1.54) is 36.0 Å². The first-order valence-electron chi connectivity index (χ1n) is 5.98. The summed E-state index contributed by atoms with van der Waals surface area (Å²) in [5.74, 6) is 0. The molecule has 1 fully saturated rings. The molecule has 0 bridgehead atoms. The molecule has 0 amide bonds. The smallest absolute Gasteiger partial charge is 0.0409 e. The Labute approximate surface area is 92.7 Å². The second-order valence-electron chi connectivity index (χ2n) is 5.09. The minimum atomic E-state index is -0.0466. The molecule has 2 rings (SSSR count). The van der Waals surface area contributed by atoms with Crippen LogP contribution in [0, 0.1) is 13.8 Å². The van der Waals surface area contributed by atoms with Crippen LogP contribution >= 0.6 is 0 Å². The van der Waals surface area contributed by atoms with Crippen molar-refractivity contribution >= 4 is 0 Å². The average molecular weight is 203 g/mol. The van der Waals surface area contributed by atoms with Gasteiger partial charge in [0.05, 0.1) is 0 Å². The van der Waals surface area contributed by atoms with Crippen molar-refractivity contribution in [3.05, 3.63) is 34.9 Å². The lowest BCUT2D eigenvalue weighted by molar-refractivity contribution is 0.302. The van der Waals surface area contributed by atoms with Crippen molar-refractivity contribution in [2.75, 3.05) is 0 Å². The number of rotatable bonds is 1. The van der Waals surface area contributed by atoms with Gasteiger partial charge in [-0.2, -0.15) is 0 Å². The monoisotopic (exact) mass is 203 g/mol. The maximum atomic E-state index is 6.52. The quantitative estimate of drug-likeness (QED) is 0.743. The molecule has 15 heavy (non-hydrogen) atoms. The van der Waals surface area contributed by atoms with Crippen LogP contribution in [0.15, 0.2) is 18.2 Å². The zero-order valence-corrected chi connectivity index (χ0v) is 9.84. The SMILES string of the molecule is Cc1cc(C)cc(C2(N)CCCCC2)c1. The van der Waals surface area contributed by atoms with Crippen LogP contribution in [0.25, 0.3) is 0 Å². The van der Waals surface area contributed by atoms with Crippen molar-refractivity contribution in [1.82, 2.24) is 0 Å². The Hall–Kier alpha value is -0.820. The van der Waals surface area contributed by atoms with Crippen LogP contribution in [0.3, 0.4) is 0 Å². The summed E-state index contributed by atoms with van der Waals surface area (Å²) in [5, 5.41) is 0. The first-order valence-corrected chi connectivity index (χ1v) is 5.98. The van der Waals surface area contributed by atoms with Crippen molar-refractivity contribution in [2.24, 2.45) is 5.73 Å². The number of hydrogen-bond acceptors (Lipinski definition) is 1. The number of nitrogens with two attached hydrogens (primary N) is 1. The molecule has 0 saturated heterocycles. The van der Waals surface area contributed by atoms with Crippen LogP contribution in [0.4, 0.5) is 0 Å². The second kappa shape index (κ2) is 3.97. The Balaban J connectivity index is 2.34. The molecule has 0 aliphatic heterocycles. The molecule has 0 atom stereocenters. The second-order valence-corrected chi connectivity index (χ2v) is 5.09. The molecule has 82 valence electrons. The molecule has 1 aromatic rings. The van der Waals surface area contributed by atoms with E-state index in [1.54, 1.807) is 0 Å². The highest BCUT2D eigenvalue weighted by Gasteiger charge is 2.29. The zero-order valence-electron chi connectivity index (χ0n) is 9.84. The Bertz CT molecular complexity index is 328. The molecule has 0 heterocycles. The molecule has 1 aliphatic carbocycles. The number of hydrogen-bond donors (Lipinski definition) is 1. The first kappa shape index (κ1) is 10.7. The average Bonchev–Trinajstić information content (AvgIpc) is 2.17. The molecular formula is C14H21N. The van der Waals surface area contributed by atoms with Crippen LogP contribution in [-0.2, 0) is 5.54 Å². The summed E-state index contributed by atoms with van der Waals surface area (Å²) in [7, 11) is 0. The van der Waals surface area contributed by atoms with E-state index in [4.69, 9.17) is 5.73 Å². The fraction of sp³-hybridized carbons (Fsp3) is 0.571. The molecule has 1 aliphatic rings. The van der Waals surface area contributed by atoms with Crippen molar-refractivity contribution in [1.29, 1.82) is 0 Å². The highest BCUT2D eigenvalue weighted by atomic mass is 14.7. The van der Waals surface area contributed by atoms with Gasteiger partial charge in [0.1, 0.15) is 0 Å². The predicted molar refractivity (Wildman–Crippen MR) is 64.9 cm³/mol. The third-order valence-electron chi connectivity index (χ3n) is 3.54. The molecule has 0 radical (unpaired) electrons. The summed E-state index contributed by atoms with van der Waals surface area (Å²) in [4.78, 5) is 0. The van der Waals surface area contributed by atoms with E-state index in [0.717, 1.165) is 12.8 Å². The third-order valence-corrected chi connectivity index (χ3v) is 3.54. The molecular weight excluding hydrogens is 182 g/mol. The lowest BCUT2D eigenvalue weighted by Crippen LogP contribution is -2.38. The van der Waals surface area contributed by atoms with Crippen molar-refractivity contribution in [3.63, 3.8) is 0 Å². The van der Waals surface area contributed by atoms with E-state index in [2.05, 4.69) is 32.0 Å². The Morgan fingerprint density at radius 2 is 1.47 bits per heavy atom. The molecule has 0 unspecified atom stereocenters. The summed E-state index contributed by atoms with van der Waals surface area (Å²) < 4.78 is 0. The van der Waals surface area contributed by atoms with E-state index in [1.807, 2.05) is 0 Å². The van der Waals surface area contributed by atoms with Gasteiger partial charge in [0, 0.05) is 5.54 Å². The van der Waals surface area contributed by atoms with Gasteiger partial charge in [0.25, 0.3) is 0 Å². The fourth-order valence-electron chi connectivity index (χ4n) is 2.73. The highest BCUT2D eigenvalue weighted by Crippen LogP contribution is 2.35. The highest BCUT2D eigenvalue weighted by molar-refractivity contribution is 5.33. The molecule has 1 nitrogen and oxygen atoms in total. The Morgan fingerprint density at radius 1 is 0.933 bits per heavy atom. The number of benzene rings is 1. The Kier molecular flexibility index (Phi) is 2.83. The van der Waals surface area contributed by atoms with Gasteiger partial charge >= 0.3 is 0 Å². The standard InChI is InChI=1S/C14H21N/c1-11-8-12(2)10-13(9-11)14(15)6-4-3-5-7-14/h8-10H,3-7,15H2,1-2H3. The molecule has 2 N–H and O–H groups in total. The topological polar surface area (TPSA) is 26.0 Å². The minimum Gasteiger partial charge on any atom is -0.321 e. The van der Waals surface area contributed by atoms with Crippen LogP contribution in [0.2, 0.25) is 0 Å². The van der Waals surface area contributed by atoms with Gasteiger partial charge in [-0.25, -0.2) is 0 Å². The van der Waals surface area contributed by atoms with Gasteiger partial charge in [0.15, 0.2) is 0 Å². The summed E-state index contributed by atoms with van der Waals surface area (Å²) in [6.07, 6.45) is 6.21. The van der Waals surface area contributed by atoms with Gasteiger partial charge < -0.3 is 5.73 Å². The predicted octanol–water partition coefficient (Wildman–Crippen LogP) is 3.42. The summed E-state index contributed by atoms with van der Waals surface area (Å²) >= 11 is 0. The van der Waals surface area contributed by atoms with Gasteiger partial charge in [-0.1, -0.05) is 48.6 Å². The molecule has 1 heteroatoms. The lowest BCUT2D eigenvalue weighted by Gasteiger charge is -2.34. The molecule has 1 saturated carbocycles. The number of aryl methyl sites for hydroxylation is 2. The van der Waals surface area contributed by atoms with Gasteiger partial charge in [-0.3, -0.25) is 0 Å². The normalized spacial score (nSPS) is 20.2. The van der Waals surface area contributed by atoms with E-state index in [-0.39, 0.29) is 5.54 Å². The molecule has 0 spiro atoms. The van der Waals surface area contributed by atoms with E-state index in [9.17, 15) is 0 Å². The maximum absolute atomic E-state index is 6.52. The fourth-order valence-corrected chi connectivity index (χ4v) is 2.73. The minimum absolute atomic E-state index is 0.0466. The molecule has 1 aromatic carbocycles. The summed E-state index contributed by atoms with van der Waals surface area (Å²) in [6.45, 7) is 4.31. The van der Waals surface area contributed by atoms with Gasteiger partial charge in [-0.15, -0.1) is 0 Å². The van der Waals surface area contributed by atoms with Crippen molar-refractivity contribution < 1.29 is 0 Å². The van der Waals surface area contributed by atoms with Crippen LogP contribution < -0.4 is 5.73 Å². The lowest BCUT2D eigenvalue weighted by atomic mass is 9.77. The van der Waals surface area contributed by atoms with Crippen LogP contribution in [-0.4, -0.2) is 0 Å². The first-order chi connectivity index (χ1) is 7.10.